The highest BCUT2D eigenvalue weighted by Gasteiger charge is 2.04. The molecule has 0 fully saturated rings. The van der Waals surface area contributed by atoms with Crippen LogP contribution in [0.15, 0.2) is 24.5 Å². The topological polar surface area (TPSA) is 54.0 Å². The van der Waals surface area contributed by atoms with Crippen molar-refractivity contribution in [1.82, 2.24) is 15.6 Å². The Morgan fingerprint density at radius 3 is 3.00 bits per heavy atom. The number of carbonyl (C=O) groups excluding carboxylic acids is 1. The second-order valence-corrected chi connectivity index (χ2v) is 4.16. The average molecular weight is 235 g/mol. The molecule has 0 aromatic carbocycles. The van der Waals surface area contributed by atoms with Crippen LogP contribution in [0, 0.1) is 0 Å². The van der Waals surface area contributed by atoms with Crippen LogP contribution in [-0.4, -0.2) is 30.0 Å². The monoisotopic (exact) mass is 235 g/mol. The smallest absolute Gasteiger partial charge is 0.234 e. The van der Waals surface area contributed by atoms with E-state index in [4.69, 9.17) is 0 Å². The summed E-state index contributed by atoms with van der Waals surface area (Å²) in [5.74, 6) is 0.0607. The largest absolute Gasteiger partial charge is 0.353 e. The Morgan fingerprint density at radius 2 is 2.35 bits per heavy atom. The molecule has 1 aromatic rings. The lowest BCUT2D eigenvalue weighted by atomic mass is 10.2. The molecule has 4 heteroatoms. The maximum atomic E-state index is 11.4. The first-order chi connectivity index (χ1) is 8.22. The normalized spacial score (nSPS) is 12.1. The zero-order chi connectivity index (χ0) is 12.5. The van der Waals surface area contributed by atoms with Gasteiger partial charge in [-0.2, -0.15) is 0 Å². The number of rotatable bonds is 7. The molecule has 0 saturated carbocycles. The van der Waals surface area contributed by atoms with Crippen molar-refractivity contribution in [2.45, 2.75) is 32.7 Å². The van der Waals surface area contributed by atoms with Crippen LogP contribution >= 0.6 is 0 Å². The van der Waals surface area contributed by atoms with Gasteiger partial charge in [-0.25, -0.2) is 0 Å². The summed E-state index contributed by atoms with van der Waals surface area (Å²) in [7, 11) is 0. The van der Waals surface area contributed by atoms with E-state index in [1.807, 2.05) is 25.3 Å². The van der Waals surface area contributed by atoms with E-state index in [1.54, 1.807) is 6.20 Å². The number of pyridine rings is 1. The standard InChI is InChI=1S/C13H21N3O/c1-3-11(2)16-13(17)10-15-8-6-12-5-4-7-14-9-12/h4-5,7,9,11,15H,3,6,8,10H2,1-2H3,(H,16,17). The van der Waals surface area contributed by atoms with Crippen molar-refractivity contribution >= 4 is 5.91 Å². The Bertz CT molecular complexity index is 327. The molecule has 4 nitrogen and oxygen atoms in total. The van der Waals surface area contributed by atoms with Crippen molar-refractivity contribution < 1.29 is 4.79 Å². The van der Waals surface area contributed by atoms with Gasteiger partial charge in [-0.15, -0.1) is 0 Å². The number of hydrogen-bond donors (Lipinski definition) is 2. The molecule has 0 saturated heterocycles. The molecule has 0 aliphatic carbocycles. The summed E-state index contributed by atoms with van der Waals surface area (Å²) in [5, 5.41) is 6.04. The molecule has 1 aromatic heterocycles. The van der Waals surface area contributed by atoms with Gasteiger partial charge < -0.3 is 10.6 Å². The van der Waals surface area contributed by atoms with Gasteiger partial charge >= 0.3 is 0 Å². The van der Waals surface area contributed by atoms with Crippen LogP contribution in [-0.2, 0) is 11.2 Å². The van der Waals surface area contributed by atoms with Gasteiger partial charge in [0.05, 0.1) is 6.54 Å². The molecule has 1 atom stereocenters. The molecule has 1 heterocycles. The van der Waals surface area contributed by atoms with Crippen LogP contribution in [0.2, 0.25) is 0 Å². The minimum absolute atomic E-state index is 0.0607. The van der Waals surface area contributed by atoms with Crippen molar-refractivity contribution in [2.24, 2.45) is 0 Å². The fourth-order valence-electron chi connectivity index (χ4n) is 1.41. The fourth-order valence-corrected chi connectivity index (χ4v) is 1.41. The summed E-state index contributed by atoms with van der Waals surface area (Å²) in [6.45, 7) is 5.23. The Labute approximate surface area is 103 Å². The van der Waals surface area contributed by atoms with Crippen LogP contribution in [0.25, 0.3) is 0 Å². The molecule has 1 amide bonds. The van der Waals surface area contributed by atoms with E-state index in [0.29, 0.717) is 6.54 Å². The molecular weight excluding hydrogens is 214 g/mol. The Balaban J connectivity index is 2.10. The zero-order valence-corrected chi connectivity index (χ0v) is 10.6. The fraction of sp³-hybridized carbons (Fsp3) is 0.538. The van der Waals surface area contributed by atoms with Gasteiger partial charge in [0.2, 0.25) is 5.91 Å². The van der Waals surface area contributed by atoms with Gasteiger partial charge in [0, 0.05) is 18.4 Å². The van der Waals surface area contributed by atoms with E-state index in [0.717, 1.165) is 19.4 Å². The zero-order valence-electron chi connectivity index (χ0n) is 10.6. The highest BCUT2D eigenvalue weighted by Crippen LogP contribution is 1.95. The third-order valence-corrected chi connectivity index (χ3v) is 2.62. The van der Waals surface area contributed by atoms with Crippen molar-refractivity contribution in [3.63, 3.8) is 0 Å². The van der Waals surface area contributed by atoms with Crippen molar-refractivity contribution in [3.8, 4) is 0 Å². The van der Waals surface area contributed by atoms with Crippen LogP contribution in [0.1, 0.15) is 25.8 Å². The first kappa shape index (κ1) is 13.6. The maximum absolute atomic E-state index is 11.4. The highest BCUT2D eigenvalue weighted by molar-refractivity contribution is 5.78. The maximum Gasteiger partial charge on any atom is 0.234 e. The molecule has 0 spiro atoms. The van der Waals surface area contributed by atoms with E-state index in [-0.39, 0.29) is 11.9 Å². The molecule has 0 aliphatic rings. The summed E-state index contributed by atoms with van der Waals surface area (Å²) in [5.41, 5.74) is 1.18. The first-order valence-electron chi connectivity index (χ1n) is 6.11. The Kier molecular flexibility index (Phi) is 6.25. The van der Waals surface area contributed by atoms with E-state index in [1.165, 1.54) is 5.56 Å². The minimum Gasteiger partial charge on any atom is -0.353 e. The molecule has 2 N–H and O–H groups in total. The van der Waals surface area contributed by atoms with Gasteiger partial charge in [0.1, 0.15) is 0 Å². The van der Waals surface area contributed by atoms with Gasteiger partial charge in [-0.1, -0.05) is 13.0 Å². The number of hydrogen-bond acceptors (Lipinski definition) is 3. The number of amides is 1. The van der Waals surface area contributed by atoms with Crippen LogP contribution in [0.5, 0.6) is 0 Å². The summed E-state index contributed by atoms with van der Waals surface area (Å²) in [6.07, 6.45) is 5.46. The minimum atomic E-state index is 0.0607. The second-order valence-electron chi connectivity index (χ2n) is 4.16. The predicted octanol–water partition coefficient (Wildman–Crippen LogP) is 1.13. The SMILES string of the molecule is CCC(C)NC(=O)CNCCc1cccnc1. The summed E-state index contributed by atoms with van der Waals surface area (Å²) >= 11 is 0. The summed E-state index contributed by atoms with van der Waals surface area (Å²) < 4.78 is 0. The molecule has 0 aliphatic heterocycles. The lowest BCUT2D eigenvalue weighted by Crippen LogP contribution is -2.39. The molecular formula is C13H21N3O. The lowest BCUT2D eigenvalue weighted by Gasteiger charge is -2.11. The van der Waals surface area contributed by atoms with E-state index in [9.17, 15) is 4.79 Å². The van der Waals surface area contributed by atoms with Crippen molar-refractivity contribution in [3.05, 3.63) is 30.1 Å². The summed E-state index contributed by atoms with van der Waals surface area (Å²) in [6, 6.07) is 4.21. The molecule has 17 heavy (non-hydrogen) atoms. The van der Waals surface area contributed by atoms with E-state index in [2.05, 4.69) is 22.5 Å². The highest BCUT2D eigenvalue weighted by atomic mass is 16.1. The number of nitrogens with one attached hydrogen (secondary N) is 2. The Morgan fingerprint density at radius 1 is 1.53 bits per heavy atom. The molecule has 0 bridgehead atoms. The summed E-state index contributed by atoms with van der Waals surface area (Å²) in [4.78, 5) is 15.5. The average Bonchev–Trinajstić information content (AvgIpc) is 2.36. The van der Waals surface area contributed by atoms with Gasteiger partial charge in [-0.05, 0) is 37.9 Å². The Hall–Kier alpha value is -1.42. The molecule has 94 valence electrons. The van der Waals surface area contributed by atoms with Crippen LogP contribution in [0.4, 0.5) is 0 Å². The van der Waals surface area contributed by atoms with Gasteiger partial charge in [0.25, 0.3) is 0 Å². The third kappa shape index (κ3) is 6.02. The van der Waals surface area contributed by atoms with Crippen molar-refractivity contribution in [1.29, 1.82) is 0 Å². The quantitative estimate of drug-likeness (QED) is 0.697. The van der Waals surface area contributed by atoms with Crippen molar-refractivity contribution in [2.75, 3.05) is 13.1 Å². The first-order valence-corrected chi connectivity index (χ1v) is 6.11. The number of carbonyl (C=O) groups is 1. The van der Waals surface area contributed by atoms with Crippen LogP contribution in [0.3, 0.4) is 0 Å². The van der Waals surface area contributed by atoms with Gasteiger partial charge in [0.15, 0.2) is 0 Å². The third-order valence-electron chi connectivity index (χ3n) is 2.62. The molecule has 0 radical (unpaired) electrons. The van der Waals surface area contributed by atoms with Crippen LogP contribution < -0.4 is 10.6 Å². The lowest BCUT2D eigenvalue weighted by molar-refractivity contribution is -0.120. The molecule has 1 rings (SSSR count). The number of aromatic nitrogens is 1. The van der Waals surface area contributed by atoms with E-state index >= 15 is 0 Å². The number of nitrogens with zero attached hydrogens (tertiary/aromatic N) is 1. The second kappa shape index (κ2) is 7.79. The van der Waals surface area contributed by atoms with Gasteiger partial charge in [-0.3, -0.25) is 9.78 Å². The molecule has 1 unspecified atom stereocenters. The van der Waals surface area contributed by atoms with E-state index < -0.39 is 0 Å². The predicted molar refractivity (Wildman–Crippen MR) is 68.7 cm³/mol.